The van der Waals surface area contributed by atoms with Crippen molar-refractivity contribution in [3.05, 3.63) is 78.1 Å². The lowest BCUT2D eigenvalue weighted by Crippen LogP contribution is -2.04. The Morgan fingerprint density at radius 3 is 2.90 bits per heavy atom. The Balaban J connectivity index is 1.57. The van der Waals surface area contributed by atoms with Gasteiger partial charge in [-0.25, -0.2) is 14.8 Å². The Kier molecular flexibility index (Phi) is 5.39. The molecule has 1 unspecified atom stereocenters. The van der Waals surface area contributed by atoms with Gasteiger partial charge >= 0.3 is 5.97 Å². The normalized spacial score (nSPS) is 12.2. The summed E-state index contributed by atoms with van der Waals surface area (Å²) in [5.74, 6) is 0.458. The van der Waals surface area contributed by atoms with E-state index in [1.807, 2.05) is 35.8 Å². The van der Waals surface area contributed by atoms with Gasteiger partial charge in [0.05, 0.1) is 29.3 Å². The van der Waals surface area contributed by atoms with Crippen LogP contribution < -0.4 is 0 Å². The molecule has 0 aliphatic carbocycles. The molecule has 7 nitrogen and oxygen atoms in total. The second kappa shape index (κ2) is 8.28. The van der Waals surface area contributed by atoms with Crippen LogP contribution in [0.2, 0.25) is 0 Å². The first-order valence-corrected chi connectivity index (χ1v) is 9.50. The highest BCUT2D eigenvalue weighted by Crippen LogP contribution is 2.24. The van der Waals surface area contributed by atoms with E-state index in [0.29, 0.717) is 18.8 Å². The van der Waals surface area contributed by atoms with Crippen molar-refractivity contribution in [1.29, 1.82) is 0 Å². The molecule has 1 atom stereocenters. The molecule has 0 amide bonds. The molecule has 148 valence electrons. The van der Waals surface area contributed by atoms with Crippen LogP contribution in [0.3, 0.4) is 0 Å². The quantitative estimate of drug-likeness (QED) is 0.478. The number of rotatable bonds is 7. The molecular formula is C22H22N4O3. The maximum Gasteiger partial charge on any atom is 0.338 e. The zero-order valence-corrected chi connectivity index (χ0v) is 16.3. The van der Waals surface area contributed by atoms with Crippen LogP contribution in [0.25, 0.3) is 16.7 Å². The second-order valence-electron chi connectivity index (χ2n) is 6.62. The first-order valence-electron chi connectivity index (χ1n) is 9.50. The minimum absolute atomic E-state index is 0.0924. The second-order valence-corrected chi connectivity index (χ2v) is 6.62. The number of nitrogens with one attached hydrogen (secondary N) is 1. The summed E-state index contributed by atoms with van der Waals surface area (Å²) in [4.78, 5) is 23.6. The third-order valence-electron chi connectivity index (χ3n) is 4.70. The number of aromatic amines is 1. The maximum absolute atomic E-state index is 12.0. The summed E-state index contributed by atoms with van der Waals surface area (Å²) in [5, 5.41) is 0. The van der Waals surface area contributed by atoms with Crippen LogP contribution in [0.15, 0.2) is 61.2 Å². The summed E-state index contributed by atoms with van der Waals surface area (Å²) in [5.41, 5.74) is 4.18. The highest BCUT2D eigenvalue weighted by Gasteiger charge is 2.12. The molecular weight excluding hydrogens is 368 g/mol. The third kappa shape index (κ3) is 4.05. The van der Waals surface area contributed by atoms with E-state index in [-0.39, 0.29) is 12.1 Å². The predicted molar refractivity (Wildman–Crippen MR) is 109 cm³/mol. The van der Waals surface area contributed by atoms with Gasteiger partial charge < -0.3 is 14.5 Å². The van der Waals surface area contributed by atoms with Crippen molar-refractivity contribution in [1.82, 2.24) is 19.5 Å². The number of ether oxygens (including phenoxy) is 2. The van der Waals surface area contributed by atoms with Crippen molar-refractivity contribution < 1.29 is 14.3 Å². The van der Waals surface area contributed by atoms with Gasteiger partial charge in [0.2, 0.25) is 0 Å². The van der Waals surface area contributed by atoms with Crippen molar-refractivity contribution >= 4 is 17.0 Å². The molecule has 0 bridgehead atoms. The van der Waals surface area contributed by atoms with Gasteiger partial charge in [-0.1, -0.05) is 12.1 Å². The zero-order chi connectivity index (χ0) is 20.2. The average molecular weight is 390 g/mol. The van der Waals surface area contributed by atoms with E-state index in [9.17, 15) is 4.79 Å². The molecule has 0 aliphatic heterocycles. The first-order chi connectivity index (χ1) is 14.2. The number of esters is 1. The Bertz CT molecular complexity index is 1120. The molecule has 29 heavy (non-hydrogen) atoms. The molecule has 0 spiro atoms. The Morgan fingerprint density at radius 2 is 2.10 bits per heavy atom. The Morgan fingerprint density at radius 1 is 1.21 bits per heavy atom. The lowest BCUT2D eigenvalue weighted by atomic mass is 10.1. The summed E-state index contributed by atoms with van der Waals surface area (Å²) in [6.45, 7) is 4.57. The minimum Gasteiger partial charge on any atom is -0.462 e. The van der Waals surface area contributed by atoms with E-state index < -0.39 is 0 Å². The number of benzene rings is 2. The van der Waals surface area contributed by atoms with Gasteiger partial charge in [0.1, 0.15) is 18.8 Å². The fraction of sp³-hybridized carbons (Fsp3) is 0.227. The van der Waals surface area contributed by atoms with Gasteiger partial charge in [0, 0.05) is 18.1 Å². The van der Waals surface area contributed by atoms with Crippen molar-refractivity contribution in [3.63, 3.8) is 0 Å². The highest BCUT2D eigenvalue weighted by atomic mass is 16.5. The van der Waals surface area contributed by atoms with Crippen molar-refractivity contribution in [2.24, 2.45) is 0 Å². The summed E-state index contributed by atoms with van der Waals surface area (Å²) < 4.78 is 13.0. The number of fused-ring (bicyclic) bond motifs is 1. The van der Waals surface area contributed by atoms with Crippen LogP contribution >= 0.6 is 0 Å². The number of imidazole rings is 2. The molecule has 2 aromatic carbocycles. The Hall–Kier alpha value is -3.45. The molecule has 0 saturated carbocycles. The highest BCUT2D eigenvalue weighted by molar-refractivity contribution is 5.94. The van der Waals surface area contributed by atoms with Crippen molar-refractivity contribution in [2.45, 2.75) is 26.6 Å². The fourth-order valence-electron chi connectivity index (χ4n) is 3.16. The van der Waals surface area contributed by atoms with E-state index in [4.69, 9.17) is 9.47 Å². The SMILES string of the molecule is CCOC(=O)c1ccc2c(c1)ncn2-c1cccc(C(C)OCc2ncc[nH]2)c1. The maximum atomic E-state index is 12.0. The number of aromatic nitrogens is 4. The van der Waals surface area contributed by atoms with Crippen molar-refractivity contribution in [2.75, 3.05) is 6.61 Å². The molecule has 7 heteroatoms. The van der Waals surface area contributed by atoms with Gasteiger partial charge in [-0.15, -0.1) is 0 Å². The first kappa shape index (κ1) is 18.9. The van der Waals surface area contributed by atoms with Crippen LogP contribution in [-0.4, -0.2) is 32.1 Å². The van der Waals surface area contributed by atoms with Crippen LogP contribution in [0.5, 0.6) is 0 Å². The van der Waals surface area contributed by atoms with Crippen LogP contribution in [-0.2, 0) is 16.1 Å². The lowest BCUT2D eigenvalue weighted by molar-refractivity contribution is 0.0487. The molecule has 0 radical (unpaired) electrons. The summed E-state index contributed by atoms with van der Waals surface area (Å²) in [6.07, 6.45) is 5.15. The van der Waals surface area contributed by atoms with Gasteiger partial charge in [-0.2, -0.15) is 0 Å². The molecule has 0 saturated heterocycles. The number of carbonyl (C=O) groups is 1. The smallest absolute Gasteiger partial charge is 0.338 e. The average Bonchev–Trinajstić information content (AvgIpc) is 3.41. The van der Waals surface area contributed by atoms with Gasteiger partial charge in [-0.3, -0.25) is 4.57 Å². The van der Waals surface area contributed by atoms with Gasteiger partial charge in [0.15, 0.2) is 0 Å². The van der Waals surface area contributed by atoms with Gasteiger partial charge in [0.25, 0.3) is 0 Å². The number of hydrogen-bond donors (Lipinski definition) is 1. The van der Waals surface area contributed by atoms with Crippen LogP contribution in [0.4, 0.5) is 0 Å². The van der Waals surface area contributed by atoms with Crippen LogP contribution in [0.1, 0.15) is 41.7 Å². The molecule has 2 aromatic heterocycles. The lowest BCUT2D eigenvalue weighted by Gasteiger charge is -2.14. The van der Waals surface area contributed by atoms with E-state index >= 15 is 0 Å². The minimum atomic E-state index is -0.339. The molecule has 0 aliphatic rings. The summed E-state index contributed by atoms with van der Waals surface area (Å²) >= 11 is 0. The van der Waals surface area contributed by atoms with Crippen LogP contribution in [0, 0.1) is 0 Å². The van der Waals surface area contributed by atoms with E-state index in [1.54, 1.807) is 37.8 Å². The molecule has 4 rings (SSSR count). The molecule has 4 aromatic rings. The summed E-state index contributed by atoms with van der Waals surface area (Å²) in [6, 6.07) is 13.5. The zero-order valence-electron chi connectivity index (χ0n) is 16.3. The predicted octanol–water partition coefficient (Wildman–Crippen LogP) is 4.20. The number of hydrogen-bond acceptors (Lipinski definition) is 5. The number of H-pyrrole nitrogens is 1. The number of carbonyl (C=O) groups excluding carboxylic acids is 1. The number of nitrogens with zero attached hydrogens (tertiary/aromatic N) is 3. The topological polar surface area (TPSA) is 82.0 Å². The molecule has 2 heterocycles. The molecule has 0 fully saturated rings. The van der Waals surface area contributed by atoms with E-state index in [2.05, 4.69) is 21.0 Å². The third-order valence-corrected chi connectivity index (χ3v) is 4.70. The fourth-order valence-corrected chi connectivity index (χ4v) is 3.16. The van der Waals surface area contributed by atoms with Gasteiger partial charge in [-0.05, 0) is 49.7 Å². The largest absolute Gasteiger partial charge is 0.462 e. The van der Waals surface area contributed by atoms with E-state index in [0.717, 1.165) is 28.1 Å². The monoisotopic (exact) mass is 390 g/mol. The Labute approximate surface area is 168 Å². The standard InChI is InChI=1S/C22H22N4O3/c1-3-28-22(27)17-7-8-20-19(12-17)25-14-26(20)18-6-4-5-16(11-18)15(2)29-13-21-23-9-10-24-21/h4-12,14-15H,3,13H2,1-2H3,(H,23,24). The summed E-state index contributed by atoms with van der Waals surface area (Å²) in [7, 11) is 0. The van der Waals surface area contributed by atoms with E-state index in [1.165, 1.54) is 0 Å². The molecule has 1 N–H and O–H groups in total. The van der Waals surface area contributed by atoms with Crippen molar-refractivity contribution in [3.8, 4) is 5.69 Å².